The summed E-state index contributed by atoms with van der Waals surface area (Å²) in [5.41, 5.74) is -1.18. The van der Waals surface area contributed by atoms with Gasteiger partial charge in [-0.2, -0.15) is 0 Å². The molecule has 0 aromatic rings. The van der Waals surface area contributed by atoms with Crippen LogP contribution in [0.25, 0.3) is 0 Å². The second-order valence-electron chi connectivity index (χ2n) is 2.19. The van der Waals surface area contributed by atoms with Gasteiger partial charge in [0.15, 0.2) is 12.0 Å². The predicted octanol–water partition coefficient (Wildman–Crippen LogP) is 2.89. The van der Waals surface area contributed by atoms with Gasteiger partial charge in [-0.1, -0.05) is 0 Å². The van der Waals surface area contributed by atoms with Crippen LogP contribution in [0.5, 0.6) is 0 Å². The molecule has 0 bridgehead atoms. The lowest BCUT2D eigenvalue weighted by Gasteiger charge is -2.13. The van der Waals surface area contributed by atoms with Gasteiger partial charge in [0.1, 0.15) is 18.3 Å². The maximum absolute atomic E-state index is 12.5. The first-order valence-corrected chi connectivity index (χ1v) is 3.07. The maximum atomic E-state index is 12.5. The molecule has 0 fully saturated rings. The SMILES string of the molecule is FCC1=C(F)C(F)[CH]C(F)=C1F. The summed E-state index contributed by atoms with van der Waals surface area (Å²) in [6.07, 6.45) is -2.26. The second kappa shape index (κ2) is 3.25. The van der Waals surface area contributed by atoms with E-state index in [2.05, 4.69) is 0 Å². The van der Waals surface area contributed by atoms with Crippen molar-refractivity contribution in [3.8, 4) is 0 Å². The van der Waals surface area contributed by atoms with Crippen molar-refractivity contribution in [1.29, 1.82) is 0 Å². The monoisotopic (exact) mass is 183 g/mol. The number of hydrogen-bond donors (Lipinski definition) is 0. The maximum Gasteiger partial charge on any atom is 0.163 e. The normalized spacial score (nSPS) is 25.2. The van der Waals surface area contributed by atoms with Gasteiger partial charge in [-0.15, -0.1) is 0 Å². The summed E-state index contributed by atoms with van der Waals surface area (Å²) in [6, 6.07) is 0. The molecule has 0 heterocycles. The van der Waals surface area contributed by atoms with Gasteiger partial charge in [0.2, 0.25) is 0 Å². The molecule has 0 aromatic heterocycles. The fourth-order valence-electron chi connectivity index (χ4n) is 0.813. The van der Waals surface area contributed by atoms with Gasteiger partial charge in [-0.3, -0.25) is 0 Å². The molecule has 1 aliphatic rings. The third-order valence-electron chi connectivity index (χ3n) is 1.43. The van der Waals surface area contributed by atoms with Crippen molar-refractivity contribution in [2.24, 2.45) is 0 Å². The standard InChI is InChI=1S/C7H4F5/c8-2-3-6(11)4(9)1-5(10)7(3)12/h1,4H,2H2. The van der Waals surface area contributed by atoms with Crippen molar-refractivity contribution in [3.05, 3.63) is 29.5 Å². The average molecular weight is 183 g/mol. The highest BCUT2D eigenvalue weighted by molar-refractivity contribution is 5.41. The Balaban J connectivity index is 3.09. The van der Waals surface area contributed by atoms with E-state index in [0.29, 0.717) is 0 Å². The van der Waals surface area contributed by atoms with Crippen LogP contribution in [0.2, 0.25) is 0 Å². The molecular formula is C7H4F5. The molecule has 1 aliphatic carbocycles. The minimum Gasteiger partial charge on any atom is -0.246 e. The van der Waals surface area contributed by atoms with Crippen molar-refractivity contribution in [2.75, 3.05) is 6.67 Å². The van der Waals surface area contributed by atoms with E-state index in [1.165, 1.54) is 0 Å². The zero-order valence-corrected chi connectivity index (χ0v) is 5.75. The molecule has 67 valence electrons. The van der Waals surface area contributed by atoms with Crippen molar-refractivity contribution in [3.63, 3.8) is 0 Å². The molecule has 0 aromatic carbocycles. The fraction of sp³-hybridized carbons (Fsp3) is 0.286. The lowest BCUT2D eigenvalue weighted by molar-refractivity contribution is 0.330. The van der Waals surface area contributed by atoms with Crippen LogP contribution >= 0.6 is 0 Å². The van der Waals surface area contributed by atoms with E-state index < -0.39 is 35.9 Å². The third kappa shape index (κ3) is 1.35. The molecule has 1 unspecified atom stereocenters. The van der Waals surface area contributed by atoms with Crippen LogP contribution in [-0.2, 0) is 0 Å². The zero-order chi connectivity index (χ0) is 9.30. The Morgan fingerprint density at radius 2 is 1.83 bits per heavy atom. The van der Waals surface area contributed by atoms with E-state index in [0.717, 1.165) is 0 Å². The number of hydrogen-bond acceptors (Lipinski definition) is 0. The van der Waals surface area contributed by atoms with E-state index in [9.17, 15) is 22.0 Å². The molecule has 0 saturated heterocycles. The van der Waals surface area contributed by atoms with Gasteiger partial charge < -0.3 is 0 Å². The van der Waals surface area contributed by atoms with Crippen LogP contribution in [0.3, 0.4) is 0 Å². The van der Waals surface area contributed by atoms with Gasteiger partial charge in [-0.05, 0) is 0 Å². The Kier molecular flexibility index (Phi) is 2.49. The van der Waals surface area contributed by atoms with E-state index in [4.69, 9.17) is 0 Å². The number of halogens is 5. The molecule has 0 N–H and O–H groups in total. The first-order valence-electron chi connectivity index (χ1n) is 3.07. The van der Waals surface area contributed by atoms with E-state index >= 15 is 0 Å². The first kappa shape index (κ1) is 9.22. The van der Waals surface area contributed by atoms with Crippen LogP contribution in [0.15, 0.2) is 23.1 Å². The Labute approximate surface area is 65.4 Å². The highest BCUT2D eigenvalue weighted by Crippen LogP contribution is 2.33. The highest BCUT2D eigenvalue weighted by atomic mass is 19.2. The highest BCUT2D eigenvalue weighted by Gasteiger charge is 2.30. The van der Waals surface area contributed by atoms with Gasteiger partial charge in [0, 0.05) is 0 Å². The Morgan fingerprint density at radius 1 is 1.25 bits per heavy atom. The van der Waals surface area contributed by atoms with E-state index in [1.54, 1.807) is 0 Å². The fourth-order valence-corrected chi connectivity index (χ4v) is 0.813. The molecule has 0 spiro atoms. The number of rotatable bonds is 1. The van der Waals surface area contributed by atoms with E-state index in [1.807, 2.05) is 0 Å². The van der Waals surface area contributed by atoms with E-state index in [-0.39, 0.29) is 6.42 Å². The summed E-state index contributed by atoms with van der Waals surface area (Å²) in [5, 5.41) is 0. The molecule has 0 amide bonds. The summed E-state index contributed by atoms with van der Waals surface area (Å²) in [5.74, 6) is -4.82. The first-order chi connectivity index (χ1) is 5.57. The summed E-state index contributed by atoms with van der Waals surface area (Å²) in [6.45, 7) is -1.56. The van der Waals surface area contributed by atoms with Crippen LogP contribution < -0.4 is 0 Å². The van der Waals surface area contributed by atoms with Gasteiger partial charge in [-0.25, -0.2) is 22.0 Å². The van der Waals surface area contributed by atoms with Gasteiger partial charge in [0.25, 0.3) is 0 Å². The van der Waals surface area contributed by atoms with Crippen LogP contribution in [-0.4, -0.2) is 12.8 Å². The molecule has 5 heteroatoms. The van der Waals surface area contributed by atoms with Crippen molar-refractivity contribution < 1.29 is 22.0 Å². The van der Waals surface area contributed by atoms with Gasteiger partial charge in [0.05, 0.1) is 12.0 Å². The Morgan fingerprint density at radius 3 is 2.33 bits per heavy atom. The molecule has 1 atom stereocenters. The molecule has 0 saturated carbocycles. The molecule has 0 nitrogen and oxygen atoms in total. The molecule has 1 radical (unpaired) electrons. The Hall–Kier alpha value is -0.870. The van der Waals surface area contributed by atoms with Crippen molar-refractivity contribution >= 4 is 0 Å². The smallest absolute Gasteiger partial charge is 0.163 e. The van der Waals surface area contributed by atoms with Crippen LogP contribution in [0, 0.1) is 6.42 Å². The van der Waals surface area contributed by atoms with Gasteiger partial charge >= 0.3 is 0 Å². The molecule has 1 rings (SSSR count). The van der Waals surface area contributed by atoms with Crippen molar-refractivity contribution in [2.45, 2.75) is 6.17 Å². The van der Waals surface area contributed by atoms with Crippen molar-refractivity contribution in [1.82, 2.24) is 0 Å². The summed E-state index contributed by atoms with van der Waals surface area (Å²) in [7, 11) is 0. The molecule has 12 heavy (non-hydrogen) atoms. The quantitative estimate of drug-likeness (QED) is 0.548. The molecule has 0 aliphatic heterocycles. The number of alkyl halides is 2. The topological polar surface area (TPSA) is 0 Å². The minimum atomic E-state index is -2.38. The third-order valence-corrected chi connectivity index (χ3v) is 1.43. The molecular weight excluding hydrogens is 179 g/mol. The summed E-state index contributed by atoms with van der Waals surface area (Å²) < 4.78 is 61.3. The summed E-state index contributed by atoms with van der Waals surface area (Å²) in [4.78, 5) is 0. The lowest BCUT2D eigenvalue weighted by Crippen LogP contribution is -2.13. The van der Waals surface area contributed by atoms with Crippen LogP contribution in [0.4, 0.5) is 22.0 Å². The zero-order valence-electron chi connectivity index (χ0n) is 5.75. The Bertz CT molecular complexity index is 253. The summed E-state index contributed by atoms with van der Waals surface area (Å²) >= 11 is 0. The minimum absolute atomic E-state index is 0.115. The second-order valence-corrected chi connectivity index (χ2v) is 2.19. The predicted molar refractivity (Wildman–Crippen MR) is 32.5 cm³/mol. The number of allylic oxidation sites excluding steroid dienone is 4. The largest absolute Gasteiger partial charge is 0.246 e. The lowest BCUT2D eigenvalue weighted by atomic mass is 10.0. The average Bonchev–Trinajstić information content (AvgIpc) is 2.02. The van der Waals surface area contributed by atoms with Crippen LogP contribution in [0.1, 0.15) is 0 Å².